The molecule has 1 atom stereocenters. The summed E-state index contributed by atoms with van der Waals surface area (Å²) < 4.78 is 0. The molecule has 112 valence electrons. The largest absolute Gasteiger partial charge is 0.388 e. The van der Waals surface area contributed by atoms with E-state index in [1.165, 1.54) is 5.56 Å². The van der Waals surface area contributed by atoms with Crippen LogP contribution >= 0.6 is 23.2 Å². The van der Waals surface area contributed by atoms with E-state index in [9.17, 15) is 5.11 Å². The van der Waals surface area contributed by atoms with E-state index in [1.807, 2.05) is 25.2 Å². The molecule has 0 heterocycles. The molecular formula is C17H19Cl2NO. The van der Waals surface area contributed by atoms with Crippen LogP contribution in [0.2, 0.25) is 10.0 Å². The second-order valence-electron chi connectivity index (χ2n) is 5.19. The molecule has 2 rings (SSSR count). The lowest BCUT2D eigenvalue weighted by Gasteiger charge is -2.19. The van der Waals surface area contributed by atoms with Crippen molar-refractivity contribution < 1.29 is 5.11 Å². The average Bonchev–Trinajstić information content (AvgIpc) is 2.48. The minimum Gasteiger partial charge on any atom is -0.388 e. The van der Waals surface area contributed by atoms with Crippen LogP contribution in [0.15, 0.2) is 48.5 Å². The molecule has 4 heteroatoms. The van der Waals surface area contributed by atoms with Crippen molar-refractivity contribution in [2.24, 2.45) is 0 Å². The molecule has 0 aromatic heterocycles. The lowest BCUT2D eigenvalue weighted by Crippen LogP contribution is -2.21. The fourth-order valence-corrected chi connectivity index (χ4v) is 2.67. The first-order valence-corrected chi connectivity index (χ1v) is 7.67. The number of aliphatic hydroxyl groups is 1. The minimum absolute atomic E-state index is 0.553. The van der Waals surface area contributed by atoms with Crippen molar-refractivity contribution in [1.29, 1.82) is 0 Å². The zero-order chi connectivity index (χ0) is 15.2. The summed E-state index contributed by atoms with van der Waals surface area (Å²) in [4.78, 5) is 2.18. The van der Waals surface area contributed by atoms with Crippen LogP contribution in [-0.4, -0.2) is 23.6 Å². The second-order valence-corrected chi connectivity index (χ2v) is 6.04. The third-order valence-corrected chi connectivity index (χ3v) is 3.98. The van der Waals surface area contributed by atoms with E-state index in [4.69, 9.17) is 23.2 Å². The Kier molecular flexibility index (Phi) is 6.07. The Morgan fingerprint density at radius 3 is 2.52 bits per heavy atom. The van der Waals surface area contributed by atoms with Crippen LogP contribution < -0.4 is 0 Å². The summed E-state index contributed by atoms with van der Waals surface area (Å²) in [6, 6.07) is 15.4. The Morgan fingerprint density at radius 2 is 1.81 bits per heavy atom. The molecule has 0 saturated carbocycles. The van der Waals surface area contributed by atoms with Gasteiger partial charge in [-0.15, -0.1) is 0 Å². The Labute approximate surface area is 135 Å². The fraction of sp³-hybridized carbons (Fsp3) is 0.294. The zero-order valence-corrected chi connectivity index (χ0v) is 13.5. The van der Waals surface area contributed by atoms with Crippen LogP contribution in [0, 0.1) is 0 Å². The van der Waals surface area contributed by atoms with Gasteiger partial charge >= 0.3 is 0 Å². The van der Waals surface area contributed by atoms with Gasteiger partial charge in [0, 0.05) is 28.7 Å². The van der Waals surface area contributed by atoms with Gasteiger partial charge in [-0.05, 0) is 37.2 Å². The number of benzene rings is 2. The molecule has 0 spiro atoms. The van der Waals surface area contributed by atoms with Gasteiger partial charge in [0.25, 0.3) is 0 Å². The number of aliphatic hydroxyl groups excluding tert-OH is 1. The molecule has 2 nitrogen and oxygen atoms in total. The quantitative estimate of drug-likeness (QED) is 0.843. The molecule has 0 fully saturated rings. The fourth-order valence-electron chi connectivity index (χ4n) is 2.24. The van der Waals surface area contributed by atoms with Gasteiger partial charge in [0.05, 0.1) is 6.10 Å². The third kappa shape index (κ3) is 5.01. The first-order valence-electron chi connectivity index (χ1n) is 6.92. The third-order valence-electron chi connectivity index (χ3n) is 3.40. The van der Waals surface area contributed by atoms with Crippen LogP contribution in [0.3, 0.4) is 0 Å². The highest BCUT2D eigenvalue weighted by atomic mass is 35.5. The van der Waals surface area contributed by atoms with Gasteiger partial charge in [-0.25, -0.2) is 0 Å². The highest BCUT2D eigenvalue weighted by molar-refractivity contribution is 6.33. The van der Waals surface area contributed by atoms with Crippen LogP contribution in [-0.2, 0) is 6.54 Å². The van der Waals surface area contributed by atoms with E-state index < -0.39 is 6.10 Å². The summed E-state index contributed by atoms with van der Waals surface area (Å²) >= 11 is 12.1. The number of hydrogen-bond acceptors (Lipinski definition) is 2. The van der Waals surface area contributed by atoms with Gasteiger partial charge in [-0.3, -0.25) is 0 Å². The molecule has 0 aliphatic rings. The summed E-state index contributed by atoms with van der Waals surface area (Å²) in [5, 5.41) is 11.4. The van der Waals surface area contributed by atoms with Gasteiger partial charge in [-0.1, -0.05) is 53.5 Å². The summed E-state index contributed by atoms with van der Waals surface area (Å²) in [7, 11) is 2.04. The summed E-state index contributed by atoms with van der Waals surface area (Å²) in [6.45, 7) is 1.63. The maximum Gasteiger partial charge on any atom is 0.0817 e. The summed E-state index contributed by atoms with van der Waals surface area (Å²) in [5.41, 5.74) is 1.95. The molecule has 21 heavy (non-hydrogen) atoms. The molecule has 0 bridgehead atoms. The van der Waals surface area contributed by atoms with E-state index in [0.717, 1.165) is 13.1 Å². The predicted molar refractivity (Wildman–Crippen MR) is 88.8 cm³/mol. The summed E-state index contributed by atoms with van der Waals surface area (Å²) in [5.74, 6) is 0. The molecule has 1 N–H and O–H groups in total. The minimum atomic E-state index is -0.602. The highest BCUT2D eigenvalue weighted by Gasteiger charge is 2.13. The van der Waals surface area contributed by atoms with Gasteiger partial charge in [-0.2, -0.15) is 0 Å². The number of rotatable bonds is 6. The van der Waals surface area contributed by atoms with Crippen molar-refractivity contribution in [1.82, 2.24) is 4.90 Å². The smallest absolute Gasteiger partial charge is 0.0817 e. The maximum absolute atomic E-state index is 10.3. The van der Waals surface area contributed by atoms with Gasteiger partial charge < -0.3 is 10.0 Å². The molecular weight excluding hydrogens is 305 g/mol. The van der Waals surface area contributed by atoms with Crippen molar-refractivity contribution >= 4 is 23.2 Å². The van der Waals surface area contributed by atoms with Crippen molar-refractivity contribution in [2.75, 3.05) is 13.6 Å². The molecule has 0 saturated heterocycles. The van der Waals surface area contributed by atoms with E-state index in [2.05, 4.69) is 17.0 Å². The molecule has 2 aromatic carbocycles. The van der Waals surface area contributed by atoms with Gasteiger partial charge in [0.15, 0.2) is 0 Å². The zero-order valence-electron chi connectivity index (χ0n) is 12.0. The Morgan fingerprint density at radius 1 is 1.10 bits per heavy atom. The van der Waals surface area contributed by atoms with Crippen LogP contribution in [0.5, 0.6) is 0 Å². The molecule has 0 aliphatic carbocycles. The second kappa shape index (κ2) is 7.81. The van der Waals surface area contributed by atoms with E-state index >= 15 is 0 Å². The number of halogens is 2. The van der Waals surface area contributed by atoms with Crippen molar-refractivity contribution in [2.45, 2.75) is 19.1 Å². The molecule has 0 radical (unpaired) electrons. The Balaban J connectivity index is 1.88. The molecule has 1 unspecified atom stereocenters. The van der Waals surface area contributed by atoms with Crippen molar-refractivity contribution in [3.05, 3.63) is 69.7 Å². The van der Waals surface area contributed by atoms with Crippen LogP contribution in [0.25, 0.3) is 0 Å². The normalized spacial score (nSPS) is 12.6. The predicted octanol–water partition coefficient (Wildman–Crippen LogP) is 4.55. The van der Waals surface area contributed by atoms with Gasteiger partial charge in [0.1, 0.15) is 0 Å². The molecule has 2 aromatic rings. The Hall–Kier alpha value is -1.06. The lowest BCUT2D eigenvalue weighted by molar-refractivity contribution is 0.148. The lowest BCUT2D eigenvalue weighted by atomic mass is 10.1. The summed E-state index contributed by atoms with van der Waals surface area (Å²) in [6.07, 6.45) is 0.0121. The average molecular weight is 324 g/mol. The van der Waals surface area contributed by atoms with E-state index in [-0.39, 0.29) is 0 Å². The van der Waals surface area contributed by atoms with Crippen LogP contribution in [0.4, 0.5) is 0 Å². The van der Waals surface area contributed by atoms with Gasteiger partial charge in [0.2, 0.25) is 0 Å². The molecule has 0 aliphatic heterocycles. The van der Waals surface area contributed by atoms with E-state index in [0.29, 0.717) is 22.0 Å². The SMILES string of the molecule is CN(CCC(O)c1cc(Cl)ccc1Cl)Cc1ccccc1. The number of hydrogen-bond donors (Lipinski definition) is 1. The highest BCUT2D eigenvalue weighted by Crippen LogP contribution is 2.28. The number of nitrogens with zero attached hydrogens (tertiary/aromatic N) is 1. The Bertz CT molecular complexity index is 574. The molecule has 0 amide bonds. The maximum atomic E-state index is 10.3. The standard InChI is InChI=1S/C17H19Cl2NO/c1-20(12-13-5-3-2-4-6-13)10-9-17(21)15-11-14(18)7-8-16(15)19/h2-8,11,17,21H,9-10,12H2,1H3. The monoisotopic (exact) mass is 323 g/mol. The topological polar surface area (TPSA) is 23.5 Å². The van der Waals surface area contributed by atoms with Crippen LogP contribution in [0.1, 0.15) is 23.7 Å². The first kappa shape index (κ1) is 16.3. The van der Waals surface area contributed by atoms with Crippen molar-refractivity contribution in [3.63, 3.8) is 0 Å². The first-order chi connectivity index (χ1) is 10.1. The van der Waals surface area contributed by atoms with Crippen molar-refractivity contribution in [3.8, 4) is 0 Å². The van der Waals surface area contributed by atoms with E-state index in [1.54, 1.807) is 18.2 Å².